The first-order valence-corrected chi connectivity index (χ1v) is 7.30. The lowest BCUT2D eigenvalue weighted by atomic mass is 10.2. The Bertz CT molecular complexity index is 501. The predicted octanol–water partition coefficient (Wildman–Crippen LogP) is 1.07. The third-order valence-electron chi connectivity index (χ3n) is 2.76. The number of pyridine rings is 1. The molecule has 18 heavy (non-hydrogen) atoms. The fourth-order valence-electron chi connectivity index (χ4n) is 1.86. The molecule has 1 atom stereocenters. The minimum atomic E-state index is -3.87. The van der Waals surface area contributed by atoms with Gasteiger partial charge in [-0.05, 0) is 31.4 Å². The van der Waals surface area contributed by atoms with Crippen LogP contribution in [0.25, 0.3) is 0 Å². The van der Waals surface area contributed by atoms with Gasteiger partial charge in [0, 0.05) is 19.3 Å². The fourth-order valence-corrected chi connectivity index (χ4v) is 2.91. The van der Waals surface area contributed by atoms with Crippen molar-refractivity contribution in [2.75, 3.05) is 13.2 Å². The number of hydrogen-bond acceptors (Lipinski definition) is 4. The van der Waals surface area contributed by atoms with Crippen LogP contribution < -0.4 is 4.72 Å². The van der Waals surface area contributed by atoms with E-state index in [0.29, 0.717) is 6.42 Å². The number of nitrogens with zero attached hydrogens (tertiary/aromatic N) is 1. The summed E-state index contributed by atoms with van der Waals surface area (Å²) in [4.78, 5) is 3.54. The molecule has 100 valence electrons. The number of ether oxygens (including phenoxy) is 1. The molecule has 2 rings (SSSR count). The van der Waals surface area contributed by atoms with Crippen molar-refractivity contribution >= 4 is 10.0 Å². The molecular formula is C11H15FN2O3S. The summed E-state index contributed by atoms with van der Waals surface area (Å²) in [6.07, 6.45) is 3.89. The number of sulfonamides is 1. The van der Waals surface area contributed by atoms with E-state index >= 15 is 0 Å². The van der Waals surface area contributed by atoms with Gasteiger partial charge in [0.05, 0.1) is 6.10 Å². The van der Waals surface area contributed by atoms with Gasteiger partial charge in [-0.25, -0.2) is 22.5 Å². The Labute approximate surface area is 105 Å². The maximum Gasteiger partial charge on any atom is 0.261 e. The van der Waals surface area contributed by atoms with Crippen LogP contribution in [-0.4, -0.2) is 32.7 Å². The molecule has 7 heteroatoms. The second kappa shape index (κ2) is 5.73. The molecular weight excluding hydrogens is 259 g/mol. The average Bonchev–Trinajstić information content (AvgIpc) is 2.82. The summed E-state index contributed by atoms with van der Waals surface area (Å²) >= 11 is 0. The minimum absolute atomic E-state index is 0.0984. The molecule has 5 nitrogen and oxygen atoms in total. The Hall–Kier alpha value is -1.05. The summed E-state index contributed by atoms with van der Waals surface area (Å²) in [5.41, 5.74) is 0. The smallest absolute Gasteiger partial charge is 0.261 e. The molecule has 1 aliphatic rings. The highest BCUT2D eigenvalue weighted by Gasteiger charge is 2.21. The van der Waals surface area contributed by atoms with Gasteiger partial charge >= 0.3 is 0 Å². The molecule has 1 aromatic rings. The monoisotopic (exact) mass is 274 g/mol. The minimum Gasteiger partial charge on any atom is -0.378 e. The van der Waals surface area contributed by atoms with Gasteiger partial charge in [0.15, 0.2) is 5.82 Å². The summed E-state index contributed by atoms with van der Waals surface area (Å²) in [6, 6.07) is 2.42. The molecule has 0 aromatic carbocycles. The van der Waals surface area contributed by atoms with Gasteiger partial charge in [-0.2, -0.15) is 0 Å². The van der Waals surface area contributed by atoms with Gasteiger partial charge < -0.3 is 4.74 Å². The molecule has 1 unspecified atom stereocenters. The molecule has 0 radical (unpaired) electrons. The molecule has 1 N–H and O–H groups in total. The van der Waals surface area contributed by atoms with Crippen LogP contribution in [0, 0.1) is 5.82 Å². The van der Waals surface area contributed by atoms with Crippen LogP contribution >= 0.6 is 0 Å². The molecule has 0 saturated carbocycles. The third-order valence-corrected chi connectivity index (χ3v) is 4.16. The molecule has 1 fully saturated rings. The molecule has 0 bridgehead atoms. The number of nitrogens with one attached hydrogen (secondary N) is 1. The normalized spacial score (nSPS) is 20.2. The van der Waals surface area contributed by atoms with Crippen LogP contribution in [0.5, 0.6) is 0 Å². The number of halogens is 1. The van der Waals surface area contributed by atoms with Crippen LogP contribution in [0.15, 0.2) is 23.4 Å². The van der Waals surface area contributed by atoms with Crippen LogP contribution in [-0.2, 0) is 14.8 Å². The van der Waals surface area contributed by atoms with Crippen molar-refractivity contribution < 1.29 is 17.5 Å². The Balaban J connectivity index is 1.93. The van der Waals surface area contributed by atoms with E-state index in [2.05, 4.69) is 9.71 Å². The van der Waals surface area contributed by atoms with Crippen molar-refractivity contribution in [3.63, 3.8) is 0 Å². The van der Waals surface area contributed by atoms with E-state index in [1.54, 1.807) is 0 Å². The summed E-state index contributed by atoms with van der Waals surface area (Å²) < 4.78 is 44.6. The SMILES string of the molecule is O=S(=O)(NCCC1CCCO1)c1ncccc1F. The van der Waals surface area contributed by atoms with Crippen molar-refractivity contribution in [2.45, 2.75) is 30.4 Å². The van der Waals surface area contributed by atoms with Crippen molar-refractivity contribution in [2.24, 2.45) is 0 Å². The predicted molar refractivity (Wildman–Crippen MR) is 63.0 cm³/mol. The van der Waals surface area contributed by atoms with E-state index in [1.807, 2.05) is 0 Å². The lowest BCUT2D eigenvalue weighted by Crippen LogP contribution is -2.28. The molecule has 1 aliphatic heterocycles. The van der Waals surface area contributed by atoms with Gasteiger partial charge in [0.2, 0.25) is 5.03 Å². The molecule has 0 amide bonds. The van der Waals surface area contributed by atoms with Crippen molar-refractivity contribution in [3.05, 3.63) is 24.1 Å². The van der Waals surface area contributed by atoms with Crippen molar-refractivity contribution in [3.8, 4) is 0 Å². The summed E-state index contributed by atoms with van der Waals surface area (Å²) in [6.45, 7) is 0.954. The van der Waals surface area contributed by atoms with Gasteiger partial charge in [-0.15, -0.1) is 0 Å². The molecule has 1 saturated heterocycles. The van der Waals surface area contributed by atoms with E-state index in [-0.39, 0.29) is 12.6 Å². The van der Waals surface area contributed by atoms with Gasteiger partial charge in [-0.3, -0.25) is 0 Å². The Morgan fingerprint density at radius 2 is 2.39 bits per heavy atom. The van der Waals surface area contributed by atoms with Gasteiger partial charge in [0.1, 0.15) is 0 Å². The molecule has 0 aliphatic carbocycles. The Kier molecular flexibility index (Phi) is 4.26. The first-order chi connectivity index (χ1) is 8.59. The highest BCUT2D eigenvalue weighted by Crippen LogP contribution is 2.15. The Morgan fingerprint density at radius 3 is 3.06 bits per heavy atom. The highest BCUT2D eigenvalue weighted by atomic mass is 32.2. The van der Waals surface area contributed by atoms with Crippen LogP contribution in [0.1, 0.15) is 19.3 Å². The summed E-state index contributed by atoms with van der Waals surface area (Å²) in [5.74, 6) is -0.845. The van der Waals surface area contributed by atoms with Crippen LogP contribution in [0.2, 0.25) is 0 Å². The van der Waals surface area contributed by atoms with Crippen LogP contribution in [0.4, 0.5) is 4.39 Å². The summed E-state index contributed by atoms with van der Waals surface area (Å²) in [7, 11) is -3.87. The van der Waals surface area contributed by atoms with Crippen molar-refractivity contribution in [1.82, 2.24) is 9.71 Å². The maximum absolute atomic E-state index is 13.3. The third kappa shape index (κ3) is 3.24. The van der Waals surface area contributed by atoms with E-state index in [9.17, 15) is 12.8 Å². The maximum atomic E-state index is 13.3. The highest BCUT2D eigenvalue weighted by molar-refractivity contribution is 7.89. The zero-order chi connectivity index (χ0) is 13.0. The van der Waals surface area contributed by atoms with E-state index in [4.69, 9.17) is 4.74 Å². The van der Waals surface area contributed by atoms with Gasteiger partial charge in [-0.1, -0.05) is 0 Å². The zero-order valence-electron chi connectivity index (χ0n) is 9.80. The van der Waals surface area contributed by atoms with Crippen molar-refractivity contribution in [1.29, 1.82) is 0 Å². The second-order valence-corrected chi connectivity index (χ2v) is 5.79. The van der Waals surface area contributed by atoms with E-state index < -0.39 is 20.9 Å². The number of rotatable bonds is 5. The Morgan fingerprint density at radius 1 is 1.56 bits per heavy atom. The van der Waals surface area contributed by atoms with E-state index in [1.165, 1.54) is 12.3 Å². The standard InChI is InChI=1S/C11H15FN2O3S/c12-10-4-1-6-13-11(10)18(15,16)14-7-5-9-3-2-8-17-9/h1,4,6,9,14H,2-3,5,7-8H2. The topological polar surface area (TPSA) is 68.3 Å². The second-order valence-electron chi connectivity index (χ2n) is 4.11. The summed E-state index contributed by atoms with van der Waals surface area (Å²) in [5, 5.41) is -0.558. The zero-order valence-corrected chi connectivity index (χ0v) is 10.6. The number of aromatic nitrogens is 1. The van der Waals surface area contributed by atoms with Gasteiger partial charge in [0.25, 0.3) is 10.0 Å². The lowest BCUT2D eigenvalue weighted by molar-refractivity contribution is 0.105. The lowest BCUT2D eigenvalue weighted by Gasteiger charge is -2.10. The molecule has 1 aromatic heterocycles. The number of hydrogen-bond donors (Lipinski definition) is 1. The average molecular weight is 274 g/mol. The van der Waals surface area contributed by atoms with Crippen LogP contribution in [0.3, 0.4) is 0 Å². The van der Waals surface area contributed by atoms with E-state index in [0.717, 1.165) is 25.5 Å². The first-order valence-electron chi connectivity index (χ1n) is 5.81. The fraction of sp³-hybridized carbons (Fsp3) is 0.545. The molecule has 2 heterocycles. The largest absolute Gasteiger partial charge is 0.378 e. The first kappa shape index (κ1) is 13.4. The molecule has 0 spiro atoms. The quantitative estimate of drug-likeness (QED) is 0.872.